The molecular weight excluding hydrogens is 817 g/mol. The minimum absolute atomic E-state index is 0.889. The van der Waals surface area contributed by atoms with Crippen LogP contribution in [0.15, 0.2) is 7.57 Å². The fraction of sp³-hybridized carbons (Fsp3) is 0.773. The molecule has 0 aliphatic heterocycles. The molecule has 4 aromatic heterocycles. The molecule has 2 atom stereocenters. The number of fused-ring (bicyclic) bond motifs is 5. The molecule has 284 valence electrons. The van der Waals surface area contributed by atoms with E-state index in [4.69, 9.17) is 0 Å². The number of halogens is 2. The minimum atomic E-state index is 0.889. The normalized spacial score (nSPS) is 13.5. The Hall–Kier alpha value is 0.540. The zero-order valence-electron chi connectivity index (χ0n) is 32.3. The topological polar surface area (TPSA) is 0 Å². The van der Waals surface area contributed by atoms with E-state index in [2.05, 4.69) is 82.2 Å². The van der Waals surface area contributed by atoms with Gasteiger partial charge >= 0.3 is 0 Å². The molecule has 0 aliphatic rings. The Bertz CT molecular complexity index is 1360. The van der Waals surface area contributed by atoms with Gasteiger partial charge in [-0.3, -0.25) is 0 Å². The quantitative estimate of drug-likeness (QED) is 0.0458. The van der Waals surface area contributed by atoms with Crippen LogP contribution in [-0.2, 0) is 12.8 Å². The molecule has 0 saturated carbocycles. The summed E-state index contributed by atoms with van der Waals surface area (Å²) in [7, 11) is 0. The summed E-state index contributed by atoms with van der Waals surface area (Å²) in [5.74, 6) is 1.78. The molecule has 0 radical (unpaired) electrons. The molecule has 2 unspecified atom stereocenters. The van der Waals surface area contributed by atoms with Gasteiger partial charge in [0, 0.05) is 0 Å². The maximum absolute atomic E-state index is 4.08. The van der Waals surface area contributed by atoms with Gasteiger partial charge in [0.2, 0.25) is 0 Å². The highest BCUT2D eigenvalue weighted by Gasteiger charge is 2.24. The Kier molecular flexibility index (Phi) is 21.5. The van der Waals surface area contributed by atoms with E-state index in [0.29, 0.717) is 0 Å². The van der Waals surface area contributed by atoms with E-state index in [-0.39, 0.29) is 0 Å². The van der Waals surface area contributed by atoms with Gasteiger partial charge in [-0.2, -0.15) is 0 Å². The van der Waals surface area contributed by atoms with E-state index in [1.807, 2.05) is 22.7 Å². The summed E-state index contributed by atoms with van der Waals surface area (Å²) in [6.07, 6.45) is 39.1. The fourth-order valence-corrected chi connectivity index (χ4v) is 15.8. The highest BCUT2D eigenvalue weighted by atomic mass is 79.9. The van der Waals surface area contributed by atoms with Crippen LogP contribution in [0.5, 0.6) is 0 Å². The molecule has 0 bridgehead atoms. The third-order valence-corrected chi connectivity index (χ3v) is 18.5. The number of aryl methyl sites for hydroxylation is 2. The summed E-state index contributed by atoms with van der Waals surface area (Å²) in [6, 6.07) is 0. The largest absolute Gasteiger partial charge is 0.131 e. The maximum Gasteiger partial charge on any atom is 0.0751 e. The van der Waals surface area contributed by atoms with Crippen LogP contribution in [0.3, 0.4) is 0 Å². The van der Waals surface area contributed by atoms with Gasteiger partial charge in [-0.25, -0.2) is 0 Å². The third kappa shape index (κ3) is 13.4. The number of unbranched alkanes of at least 4 members (excludes halogenated alkanes) is 16. The Balaban J connectivity index is 1.43. The van der Waals surface area contributed by atoms with Crippen molar-refractivity contribution in [1.29, 1.82) is 0 Å². The van der Waals surface area contributed by atoms with Gasteiger partial charge in [0.05, 0.1) is 35.8 Å². The molecule has 0 amide bonds. The smallest absolute Gasteiger partial charge is 0.0751 e. The predicted octanol–water partition coefficient (Wildman–Crippen LogP) is 19.5. The predicted molar refractivity (Wildman–Crippen MR) is 243 cm³/mol. The molecular formula is C44H70Br2S4. The molecule has 0 saturated heterocycles. The van der Waals surface area contributed by atoms with Crippen LogP contribution in [0.1, 0.15) is 206 Å². The summed E-state index contributed by atoms with van der Waals surface area (Å²) in [6.45, 7) is 9.33. The minimum Gasteiger partial charge on any atom is -0.131 e. The molecule has 0 fully saturated rings. The van der Waals surface area contributed by atoms with E-state index < -0.39 is 0 Å². The van der Waals surface area contributed by atoms with Crippen molar-refractivity contribution < 1.29 is 0 Å². The van der Waals surface area contributed by atoms with E-state index in [9.17, 15) is 0 Å². The van der Waals surface area contributed by atoms with Crippen LogP contribution in [0.2, 0.25) is 0 Å². The van der Waals surface area contributed by atoms with Gasteiger partial charge in [0.25, 0.3) is 0 Å². The van der Waals surface area contributed by atoms with Crippen molar-refractivity contribution in [2.24, 2.45) is 11.8 Å². The van der Waals surface area contributed by atoms with E-state index in [1.54, 1.807) is 39.3 Å². The highest BCUT2D eigenvalue weighted by molar-refractivity contribution is 9.11. The molecule has 50 heavy (non-hydrogen) atoms. The van der Waals surface area contributed by atoms with Gasteiger partial charge in [0.1, 0.15) is 0 Å². The molecule has 0 nitrogen and oxygen atoms in total. The van der Waals surface area contributed by atoms with Crippen LogP contribution in [0.4, 0.5) is 0 Å². The molecule has 4 aromatic rings. The second-order valence-corrected chi connectivity index (χ2v) is 22.2. The van der Waals surface area contributed by atoms with E-state index in [1.165, 1.54) is 187 Å². The first-order valence-corrected chi connectivity index (χ1v) is 26.1. The molecule has 0 N–H and O–H groups in total. The van der Waals surface area contributed by atoms with Crippen molar-refractivity contribution in [2.45, 2.75) is 207 Å². The summed E-state index contributed by atoms with van der Waals surface area (Å²) in [5.41, 5.74) is 3.23. The monoisotopic (exact) mass is 884 g/mol. The SMILES string of the molecule is CCCCCCCCC(CCCCCC)CCc1c(Br)sc2c1sc1c3sc(Br)c(CCC(CCCCCC)CCCCCCCC)c3sc21. The fourth-order valence-electron chi connectivity index (χ4n) is 8.09. The first-order valence-electron chi connectivity index (χ1n) is 21.2. The lowest BCUT2D eigenvalue weighted by atomic mass is 9.89. The molecule has 0 spiro atoms. The molecule has 0 aromatic carbocycles. The van der Waals surface area contributed by atoms with E-state index in [0.717, 1.165) is 11.8 Å². The Morgan fingerprint density at radius 2 is 0.620 bits per heavy atom. The number of hydrogen-bond acceptors (Lipinski definition) is 4. The molecule has 6 heteroatoms. The van der Waals surface area contributed by atoms with Gasteiger partial charge < -0.3 is 0 Å². The average Bonchev–Trinajstić information content (AvgIpc) is 3.81. The summed E-state index contributed by atoms with van der Waals surface area (Å²) >= 11 is 16.4. The van der Waals surface area contributed by atoms with Gasteiger partial charge in [0.15, 0.2) is 0 Å². The van der Waals surface area contributed by atoms with Crippen molar-refractivity contribution in [3.8, 4) is 0 Å². The third-order valence-electron chi connectivity index (χ3n) is 11.3. The van der Waals surface area contributed by atoms with Crippen molar-refractivity contribution in [3.63, 3.8) is 0 Å². The van der Waals surface area contributed by atoms with Crippen molar-refractivity contribution in [3.05, 3.63) is 18.7 Å². The van der Waals surface area contributed by atoms with Gasteiger partial charge in [-0.05, 0) is 80.5 Å². The lowest BCUT2D eigenvalue weighted by molar-refractivity contribution is 0.382. The second-order valence-electron chi connectivity index (χ2n) is 15.5. The Labute approximate surface area is 340 Å². The Morgan fingerprint density at radius 1 is 0.340 bits per heavy atom. The Morgan fingerprint density at radius 3 is 0.960 bits per heavy atom. The van der Waals surface area contributed by atoms with Gasteiger partial charge in [-0.1, -0.05) is 182 Å². The number of rotatable bonds is 30. The first kappa shape index (κ1) is 43.3. The van der Waals surface area contributed by atoms with E-state index >= 15 is 0 Å². The summed E-state index contributed by atoms with van der Waals surface area (Å²) < 4.78 is 12.3. The second kappa shape index (κ2) is 24.8. The first-order chi connectivity index (χ1) is 24.5. The molecule has 4 rings (SSSR count). The van der Waals surface area contributed by atoms with Crippen LogP contribution in [0, 0.1) is 11.8 Å². The van der Waals surface area contributed by atoms with Crippen LogP contribution in [0.25, 0.3) is 28.2 Å². The maximum atomic E-state index is 4.08. The van der Waals surface area contributed by atoms with Crippen LogP contribution >= 0.6 is 77.2 Å². The molecule has 0 aliphatic carbocycles. The van der Waals surface area contributed by atoms with Crippen molar-refractivity contribution >= 4 is 105 Å². The van der Waals surface area contributed by atoms with Crippen molar-refractivity contribution in [2.75, 3.05) is 0 Å². The van der Waals surface area contributed by atoms with Gasteiger partial charge in [-0.15, -0.1) is 45.3 Å². The lowest BCUT2D eigenvalue weighted by Crippen LogP contribution is -2.03. The lowest BCUT2D eigenvalue weighted by Gasteiger charge is -2.17. The highest BCUT2D eigenvalue weighted by Crippen LogP contribution is 2.54. The average molecular weight is 887 g/mol. The van der Waals surface area contributed by atoms with Crippen LogP contribution in [-0.4, -0.2) is 0 Å². The number of thiophene rings is 4. The van der Waals surface area contributed by atoms with Crippen LogP contribution < -0.4 is 0 Å². The zero-order valence-corrected chi connectivity index (χ0v) is 38.8. The standard InChI is InChI=1S/C44H70Br2S4/c1-5-9-13-17-19-23-27-33(25-21-15-11-7-3)29-31-35-37-39(49-43(35)45)41-42(47-37)40-38(48-41)36(44(46)50-40)32-30-34(26-22-16-12-8-4)28-24-20-18-14-10-6-2/h33-34H,5-32H2,1-4H3. The zero-order chi connectivity index (χ0) is 35.6. The van der Waals surface area contributed by atoms with Crippen molar-refractivity contribution in [1.82, 2.24) is 0 Å². The summed E-state index contributed by atoms with van der Waals surface area (Å²) in [5, 5.41) is 0. The molecule has 4 heterocycles. The summed E-state index contributed by atoms with van der Waals surface area (Å²) in [4.78, 5) is 0. The number of hydrogen-bond donors (Lipinski definition) is 0.